The van der Waals surface area contributed by atoms with Crippen molar-refractivity contribution in [1.29, 1.82) is 0 Å². The topological polar surface area (TPSA) is 47.6 Å². The van der Waals surface area contributed by atoms with Crippen molar-refractivity contribution in [2.45, 2.75) is 11.4 Å². The molecule has 0 fully saturated rings. The molecule has 1 N–H and O–H groups in total. The number of hydrogen-bond acceptors (Lipinski definition) is 4. The molecule has 0 saturated heterocycles. The molecule has 0 aliphatic carbocycles. The number of carbonyl (C=O) groups is 1. The normalized spacial score (nSPS) is 10.3. The van der Waals surface area contributed by atoms with E-state index in [2.05, 4.69) is 5.32 Å². The van der Waals surface area contributed by atoms with E-state index in [4.69, 9.17) is 9.47 Å². The van der Waals surface area contributed by atoms with Gasteiger partial charge < -0.3 is 14.8 Å². The highest BCUT2D eigenvalue weighted by Crippen LogP contribution is 2.14. The van der Waals surface area contributed by atoms with Crippen LogP contribution >= 0.6 is 11.8 Å². The fraction of sp³-hybridized carbons (Fsp3) is 0.462. The van der Waals surface area contributed by atoms with Gasteiger partial charge in [-0.2, -0.15) is 0 Å². The van der Waals surface area contributed by atoms with E-state index < -0.39 is 0 Å². The van der Waals surface area contributed by atoms with Crippen molar-refractivity contribution in [3.63, 3.8) is 0 Å². The summed E-state index contributed by atoms with van der Waals surface area (Å²) in [4.78, 5) is 12.6. The summed E-state index contributed by atoms with van der Waals surface area (Å²) in [5.74, 6) is -0.111. The van der Waals surface area contributed by atoms with Gasteiger partial charge in [0.05, 0.1) is 13.2 Å². The van der Waals surface area contributed by atoms with Crippen LogP contribution in [0.25, 0.3) is 0 Å². The molecule has 0 saturated carbocycles. The first-order valence-corrected chi connectivity index (χ1v) is 6.95. The van der Waals surface area contributed by atoms with Gasteiger partial charge in [0.15, 0.2) is 0 Å². The molecule has 4 nitrogen and oxygen atoms in total. The minimum absolute atomic E-state index is 0.0757. The number of benzene rings is 1. The van der Waals surface area contributed by atoms with E-state index in [-0.39, 0.29) is 12.5 Å². The number of carbonyl (C=O) groups excluding carboxylic acids is 1. The van der Waals surface area contributed by atoms with Crippen LogP contribution in [0.15, 0.2) is 29.2 Å². The average Bonchev–Trinajstić information content (AvgIpc) is 2.42. The summed E-state index contributed by atoms with van der Waals surface area (Å²) in [6, 6.07) is 8.11. The van der Waals surface area contributed by atoms with Crippen LogP contribution < -0.4 is 5.32 Å². The van der Waals surface area contributed by atoms with Crippen molar-refractivity contribution in [3.8, 4) is 0 Å². The molecule has 0 aliphatic rings. The average molecular weight is 269 g/mol. The summed E-state index contributed by atoms with van der Waals surface area (Å²) in [6.07, 6.45) is 2.04. The van der Waals surface area contributed by atoms with Gasteiger partial charge in [-0.25, -0.2) is 0 Å². The lowest BCUT2D eigenvalue weighted by Gasteiger charge is -2.06. The minimum atomic E-state index is -0.111. The Hall–Kier alpha value is -1.04. The summed E-state index contributed by atoms with van der Waals surface area (Å²) >= 11 is 1.70. The van der Waals surface area contributed by atoms with E-state index >= 15 is 0 Å². The first kappa shape index (κ1) is 15.0. The number of thioether (sulfide) groups is 1. The first-order valence-electron chi connectivity index (χ1n) is 5.72. The summed E-state index contributed by atoms with van der Waals surface area (Å²) in [5.41, 5.74) is 1.08. The fourth-order valence-corrected chi connectivity index (χ4v) is 1.71. The molecular formula is C13H19NO3S. The van der Waals surface area contributed by atoms with Gasteiger partial charge in [-0.15, -0.1) is 11.8 Å². The molecule has 1 aromatic carbocycles. The van der Waals surface area contributed by atoms with Crippen molar-refractivity contribution in [2.75, 3.05) is 33.2 Å². The van der Waals surface area contributed by atoms with Crippen LogP contribution in [0, 0.1) is 0 Å². The molecule has 1 aromatic rings. The lowest BCUT2D eigenvalue weighted by Crippen LogP contribution is -2.27. The van der Waals surface area contributed by atoms with E-state index in [1.165, 1.54) is 4.90 Å². The van der Waals surface area contributed by atoms with E-state index in [1.54, 1.807) is 18.9 Å². The minimum Gasteiger partial charge on any atom is -0.382 e. The first-order chi connectivity index (χ1) is 8.76. The largest absolute Gasteiger partial charge is 0.382 e. The molecule has 0 heterocycles. The molecule has 1 rings (SSSR count). The van der Waals surface area contributed by atoms with Gasteiger partial charge in [-0.05, 0) is 24.0 Å². The Morgan fingerprint density at radius 1 is 1.28 bits per heavy atom. The van der Waals surface area contributed by atoms with Gasteiger partial charge in [0.25, 0.3) is 0 Å². The SMILES string of the molecule is COCCOCC(=O)NCc1ccc(SC)cc1. The lowest BCUT2D eigenvalue weighted by molar-refractivity contribution is -0.126. The monoisotopic (exact) mass is 269 g/mol. The standard InChI is InChI=1S/C13H19NO3S/c1-16-7-8-17-10-13(15)14-9-11-3-5-12(18-2)6-4-11/h3-6H,7-10H2,1-2H3,(H,14,15). The highest BCUT2D eigenvalue weighted by molar-refractivity contribution is 7.98. The second-order valence-electron chi connectivity index (χ2n) is 3.67. The second-order valence-corrected chi connectivity index (χ2v) is 4.55. The Labute approximate surface area is 112 Å². The van der Waals surface area contributed by atoms with Crippen LogP contribution in [0.2, 0.25) is 0 Å². The molecule has 0 radical (unpaired) electrons. The molecule has 0 bridgehead atoms. The van der Waals surface area contributed by atoms with Crippen molar-refractivity contribution < 1.29 is 14.3 Å². The number of amides is 1. The number of methoxy groups -OCH3 is 1. The molecule has 0 atom stereocenters. The zero-order valence-electron chi connectivity index (χ0n) is 10.8. The number of rotatable bonds is 8. The number of nitrogens with one attached hydrogen (secondary N) is 1. The van der Waals surface area contributed by atoms with Crippen LogP contribution in [0.4, 0.5) is 0 Å². The molecule has 0 spiro atoms. The van der Waals surface area contributed by atoms with Crippen LogP contribution in [-0.4, -0.2) is 39.1 Å². The quantitative estimate of drug-likeness (QED) is 0.576. The molecule has 0 aromatic heterocycles. The summed E-state index contributed by atoms with van der Waals surface area (Å²) in [6.45, 7) is 1.54. The Morgan fingerprint density at radius 3 is 2.61 bits per heavy atom. The zero-order valence-corrected chi connectivity index (χ0v) is 11.6. The van der Waals surface area contributed by atoms with Gasteiger partial charge >= 0.3 is 0 Å². The van der Waals surface area contributed by atoms with Crippen LogP contribution in [0.3, 0.4) is 0 Å². The van der Waals surface area contributed by atoms with Gasteiger partial charge in [-0.3, -0.25) is 4.79 Å². The summed E-state index contributed by atoms with van der Waals surface area (Å²) < 4.78 is 9.94. The highest BCUT2D eigenvalue weighted by atomic mass is 32.2. The Kier molecular flexibility index (Phi) is 7.48. The van der Waals surface area contributed by atoms with Crippen molar-refractivity contribution in [1.82, 2.24) is 5.32 Å². The Morgan fingerprint density at radius 2 is 2.00 bits per heavy atom. The smallest absolute Gasteiger partial charge is 0.246 e. The molecule has 0 unspecified atom stereocenters. The van der Waals surface area contributed by atoms with Crippen molar-refractivity contribution in [3.05, 3.63) is 29.8 Å². The molecule has 0 aliphatic heterocycles. The van der Waals surface area contributed by atoms with Gasteiger partial charge in [-0.1, -0.05) is 12.1 Å². The maximum Gasteiger partial charge on any atom is 0.246 e. The van der Waals surface area contributed by atoms with E-state index in [0.717, 1.165) is 5.56 Å². The van der Waals surface area contributed by atoms with Crippen LogP contribution in [0.5, 0.6) is 0 Å². The van der Waals surface area contributed by atoms with Gasteiger partial charge in [0, 0.05) is 18.6 Å². The highest BCUT2D eigenvalue weighted by Gasteiger charge is 2.01. The maximum absolute atomic E-state index is 11.4. The summed E-state index contributed by atoms with van der Waals surface area (Å²) in [7, 11) is 1.60. The van der Waals surface area contributed by atoms with E-state index in [1.807, 2.05) is 30.5 Å². The van der Waals surface area contributed by atoms with E-state index in [0.29, 0.717) is 19.8 Å². The third kappa shape index (κ3) is 6.05. The second kappa shape index (κ2) is 8.97. The fourth-order valence-electron chi connectivity index (χ4n) is 1.30. The van der Waals surface area contributed by atoms with Crippen molar-refractivity contribution in [2.24, 2.45) is 0 Å². The van der Waals surface area contributed by atoms with E-state index in [9.17, 15) is 4.79 Å². The van der Waals surface area contributed by atoms with Gasteiger partial charge in [0.1, 0.15) is 6.61 Å². The van der Waals surface area contributed by atoms with Crippen molar-refractivity contribution >= 4 is 17.7 Å². The third-order valence-corrected chi connectivity index (χ3v) is 3.06. The lowest BCUT2D eigenvalue weighted by atomic mass is 10.2. The van der Waals surface area contributed by atoms with Gasteiger partial charge in [0.2, 0.25) is 5.91 Å². The molecule has 18 heavy (non-hydrogen) atoms. The maximum atomic E-state index is 11.4. The Bertz CT molecular complexity index is 354. The zero-order chi connectivity index (χ0) is 13.2. The number of hydrogen-bond donors (Lipinski definition) is 1. The predicted molar refractivity (Wildman–Crippen MR) is 72.8 cm³/mol. The molecule has 100 valence electrons. The van der Waals surface area contributed by atoms with Crippen LogP contribution in [-0.2, 0) is 20.8 Å². The predicted octanol–water partition coefficient (Wildman–Crippen LogP) is 1.69. The number of ether oxygens (including phenoxy) is 2. The molecule has 1 amide bonds. The van der Waals surface area contributed by atoms with Crippen LogP contribution in [0.1, 0.15) is 5.56 Å². The Balaban J connectivity index is 2.20. The molecule has 5 heteroatoms. The third-order valence-electron chi connectivity index (χ3n) is 2.31. The summed E-state index contributed by atoms with van der Waals surface area (Å²) in [5, 5.41) is 2.80. The molecular weight excluding hydrogens is 250 g/mol.